The van der Waals surface area contributed by atoms with Gasteiger partial charge in [0.25, 0.3) is 0 Å². The number of nitrogens with two attached hydrogens (primary N) is 1. The number of likely N-dealkylation sites (tertiary alicyclic amines) is 1. The van der Waals surface area contributed by atoms with Crippen LogP contribution in [0, 0.1) is 12.8 Å². The third kappa shape index (κ3) is 2.07. The summed E-state index contributed by atoms with van der Waals surface area (Å²) in [5.74, 6) is 0.512. The number of aromatic nitrogens is 2. The molecule has 0 aliphatic carbocycles. The summed E-state index contributed by atoms with van der Waals surface area (Å²) < 4.78 is 1.84. The second kappa shape index (κ2) is 4.49. The molecule has 1 aliphatic rings. The minimum Gasteiger partial charge on any atom is -0.335 e. The van der Waals surface area contributed by atoms with Gasteiger partial charge in [-0.15, -0.1) is 0 Å². The van der Waals surface area contributed by atoms with Gasteiger partial charge in [0.05, 0.1) is 12.2 Å². The summed E-state index contributed by atoms with van der Waals surface area (Å²) in [5, 5.41) is 4.23. The number of carbonyl (C=O) groups excluding carboxylic acids is 1. The van der Waals surface area contributed by atoms with E-state index >= 15 is 0 Å². The monoisotopic (exact) mass is 236 g/mol. The van der Waals surface area contributed by atoms with Crippen molar-refractivity contribution in [1.82, 2.24) is 14.7 Å². The van der Waals surface area contributed by atoms with Crippen LogP contribution in [0.5, 0.6) is 0 Å². The van der Waals surface area contributed by atoms with E-state index in [1.807, 2.05) is 29.7 Å². The van der Waals surface area contributed by atoms with Crippen LogP contribution < -0.4 is 5.73 Å². The highest BCUT2D eigenvalue weighted by Gasteiger charge is 2.33. The van der Waals surface area contributed by atoms with E-state index in [9.17, 15) is 4.79 Å². The van der Waals surface area contributed by atoms with Gasteiger partial charge in [0.1, 0.15) is 0 Å². The highest BCUT2D eigenvalue weighted by atomic mass is 16.2. The lowest BCUT2D eigenvalue weighted by molar-refractivity contribution is -0.129. The van der Waals surface area contributed by atoms with Gasteiger partial charge < -0.3 is 10.6 Å². The summed E-state index contributed by atoms with van der Waals surface area (Å²) in [6, 6.07) is 0.0905. The molecule has 0 spiro atoms. The lowest BCUT2D eigenvalue weighted by Gasteiger charge is -2.24. The Morgan fingerprint density at radius 3 is 2.82 bits per heavy atom. The first-order chi connectivity index (χ1) is 8.04. The zero-order valence-electron chi connectivity index (χ0n) is 10.7. The van der Waals surface area contributed by atoms with Crippen molar-refractivity contribution >= 4 is 5.91 Å². The molecule has 2 atom stereocenters. The number of carbonyl (C=O) groups is 1. The predicted molar refractivity (Wildman–Crippen MR) is 65.2 cm³/mol. The maximum atomic E-state index is 11.9. The van der Waals surface area contributed by atoms with Crippen LogP contribution in [-0.4, -0.2) is 33.7 Å². The van der Waals surface area contributed by atoms with Crippen LogP contribution in [0.1, 0.15) is 30.6 Å². The fraction of sp³-hybridized carbons (Fsp3) is 0.667. The first kappa shape index (κ1) is 12.1. The van der Waals surface area contributed by atoms with E-state index in [0.29, 0.717) is 18.9 Å². The Morgan fingerprint density at radius 2 is 2.35 bits per heavy atom. The lowest BCUT2D eigenvalue weighted by atomic mass is 10.1. The SMILES string of the molecule is Cc1c(C(C)N2CC(CN)CC2=O)cnn1C. The predicted octanol–water partition coefficient (Wildman–Crippen LogP) is 0.597. The Balaban J connectivity index is 2.18. The quantitative estimate of drug-likeness (QED) is 0.835. The van der Waals surface area contributed by atoms with Gasteiger partial charge in [-0.05, 0) is 26.3 Å². The normalized spacial score (nSPS) is 22.2. The van der Waals surface area contributed by atoms with Gasteiger partial charge >= 0.3 is 0 Å². The fourth-order valence-corrected chi connectivity index (χ4v) is 2.43. The summed E-state index contributed by atoms with van der Waals surface area (Å²) >= 11 is 0. The molecule has 1 aromatic heterocycles. The topological polar surface area (TPSA) is 64.2 Å². The van der Waals surface area contributed by atoms with Gasteiger partial charge in [-0.3, -0.25) is 9.48 Å². The van der Waals surface area contributed by atoms with Crippen molar-refractivity contribution in [3.63, 3.8) is 0 Å². The van der Waals surface area contributed by atoms with Gasteiger partial charge in [0.2, 0.25) is 5.91 Å². The van der Waals surface area contributed by atoms with Crippen LogP contribution in [0.4, 0.5) is 0 Å². The smallest absolute Gasteiger partial charge is 0.223 e. The fourth-order valence-electron chi connectivity index (χ4n) is 2.43. The van der Waals surface area contributed by atoms with Gasteiger partial charge in [0, 0.05) is 31.3 Å². The van der Waals surface area contributed by atoms with Gasteiger partial charge in [-0.25, -0.2) is 0 Å². The molecule has 1 amide bonds. The molecular formula is C12H20N4O. The van der Waals surface area contributed by atoms with E-state index in [2.05, 4.69) is 12.0 Å². The number of amides is 1. The summed E-state index contributed by atoms with van der Waals surface area (Å²) in [6.07, 6.45) is 2.43. The van der Waals surface area contributed by atoms with Crippen molar-refractivity contribution in [2.24, 2.45) is 18.7 Å². The minimum absolute atomic E-state index is 0.0905. The molecule has 0 radical (unpaired) electrons. The van der Waals surface area contributed by atoms with E-state index < -0.39 is 0 Å². The van der Waals surface area contributed by atoms with Crippen molar-refractivity contribution in [3.8, 4) is 0 Å². The summed E-state index contributed by atoms with van der Waals surface area (Å²) in [4.78, 5) is 13.8. The van der Waals surface area contributed by atoms with Crippen LogP contribution in [0.3, 0.4) is 0 Å². The highest BCUT2D eigenvalue weighted by molar-refractivity contribution is 5.79. The van der Waals surface area contributed by atoms with E-state index in [4.69, 9.17) is 5.73 Å². The molecule has 0 saturated carbocycles. The molecule has 2 N–H and O–H groups in total. The molecule has 5 heteroatoms. The van der Waals surface area contributed by atoms with Gasteiger partial charge in [0.15, 0.2) is 0 Å². The number of hydrogen-bond donors (Lipinski definition) is 1. The molecule has 5 nitrogen and oxygen atoms in total. The first-order valence-corrected chi connectivity index (χ1v) is 6.02. The van der Waals surface area contributed by atoms with Crippen LogP contribution in [-0.2, 0) is 11.8 Å². The number of nitrogens with zero attached hydrogens (tertiary/aromatic N) is 3. The molecule has 94 valence electrons. The van der Waals surface area contributed by atoms with Crippen LogP contribution in [0.25, 0.3) is 0 Å². The average molecular weight is 236 g/mol. The highest BCUT2D eigenvalue weighted by Crippen LogP contribution is 2.29. The third-order valence-electron chi connectivity index (χ3n) is 3.76. The zero-order chi connectivity index (χ0) is 12.6. The molecule has 0 bridgehead atoms. The van der Waals surface area contributed by atoms with Crippen molar-refractivity contribution in [2.45, 2.75) is 26.3 Å². The summed E-state index contributed by atoms with van der Waals surface area (Å²) in [6.45, 7) is 5.44. The van der Waals surface area contributed by atoms with Crippen molar-refractivity contribution in [1.29, 1.82) is 0 Å². The average Bonchev–Trinajstić information content (AvgIpc) is 2.83. The Kier molecular flexibility index (Phi) is 3.19. The lowest BCUT2D eigenvalue weighted by Crippen LogP contribution is -2.29. The van der Waals surface area contributed by atoms with Crippen molar-refractivity contribution < 1.29 is 4.79 Å². The number of aryl methyl sites for hydroxylation is 1. The van der Waals surface area contributed by atoms with Crippen LogP contribution in [0.2, 0.25) is 0 Å². The molecule has 2 rings (SSSR count). The molecular weight excluding hydrogens is 216 g/mol. The Hall–Kier alpha value is -1.36. The molecule has 1 fully saturated rings. The van der Waals surface area contributed by atoms with E-state index in [1.165, 1.54) is 0 Å². The van der Waals surface area contributed by atoms with E-state index in [-0.39, 0.29) is 11.9 Å². The molecule has 2 unspecified atom stereocenters. The zero-order valence-corrected chi connectivity index (χ0v) is 10.7. The van der Waals surface area contributed by atoms with Crippen LogP contribution >= 0.6 is 0 Å². The molecule has 17 heavy (non-hydrogen) atoms. The van der Waals surface area contributed by atoms with Gasteiger partial charge in [-0.2, -0.15) is 5.10 Å². The van der Waals surface area contributed by atoms with Crippen molar-refractivity contribution in [2.75, 3.05) is 13.1 Å². The van der Waals surface area contributed by atoms with E-state index in [0.717, 1.165) is 17.8 Å². The molecule has 1 aliphatic heterocycles. The molecule has 0 aromatic carbocycles. The maximum absolute atomic E-state index is 11.9. The molecule has 1 aromatic rings. The Labute approximate surface area is 102 Å². The second-order valence-electron chi connectivity index (χ2n) is 4.84. The van der Waals surface area contributed by atoms with E-state index in [1.54, 1.807) is 0 Å². The Morgan fingerprint density at radius 1 is 1.65 bits per heavy atom. The third-order valence-corrected chi connectivity index (χ3v) is 3.76. The maximum Gasteiger partial charge on any atom is 0.223 e. The summed E-state index contributed by atoms with van der Waals surface area (Å²) in [7, 11) is 1.92. The van der Waals surface area contributed by atoms with Gasteiger partial charge in [-0.1, -0.05) is 0 Å². The molecule has 1 saturated heterocycles. The summed E-state index contributed by atoms with van der Waals surface area (Å²) in [5.41, 5.74) is 7.87. The number of rotatable bonds is 3. The minimum atomic E-state index is 0.0905. The Bertz CT molecular complexity index is 426. The molecule has 2 heterocycles. The second-order valence-corrected chi connectivity index (χ2v) is 4.84. The standard InChI is InChI=1S/C12H20N4O/c1-8-11(6-14-15(8)3)9(2)16-7-10(5-13)4-12(16)17/h6,9-10H,4-5,7,13H2,1-3H3. The largest absolute Gasteiger partial charge is 0.335 e. The number of hydrogen-bond acceptors (Lipinski definition) is 3. The first-order valence-electron chi connectivity index (χ1n) is 6.02. The van der Waals surface area contributed by atoms with Crippen molar-refractivity contribution in [3.05, 3.63) is 17.5 Å². The van der Waals surface area contributed by atoms with Crippen LogP contribution in [0.15, 0.2) is 6.20 Å².